The van der Waals surface area contributed by atoms with Crippen LogP contribution in [0.2, 0.25) is 5.28 Å². The number of hydrogen-bond acceptors (Lipinski definition) is 19. The highest BCUT2D eigenvalue weighted by atomic mass is 35.5. The van der Waals surface area contributed by atoms with Gasteiger partial charge < -0.3 is 15.7 Å². The number of nitrogens with zero attached hydrogens (tertiary/aromatic N) is 5. The molecule has 0 bridgehead atoms. The van der Waals surface area contributed by atoms with E-state index in [2.05, 4.69) is 40.0 Å². The second-order valence-electron chi connectivity index (χ2n) is 10.9. The van der Waals surface area contributed by atoms with Crippen LogP contribution in [0, 0.1) is 0 Å². The summed E-state index contributed by atoms with van der Waals surface area (Å²) in [6.45, 7) is -0.824. The van der Waals surface area contributed by atoms with E-state index in [-0.39, 0.29) is 44.2 Å². The Balaban J connectivity index is 1.43. The molecule has 0 radical (unpaired) electrons. The van der Waals surface area contributed by atoms with Gasteiger partial charge in [0, 0.05) is 16.8 Å². The maximum Gasteiger partial charge on any atom is 0.397 e. The van der Waals surface area contributed by atoms with Crippen LogP contribution in [0.3, 0.4) is 0 Å². The standard InChI is InChI=1S/C27H22ClN7O16S5/c28-25-31-26(29-15-1-4-17(5-2-15)52(37,38)10-9-51-56(48,49)50)33-27(32-25)30-16-3-7-19-14(11-16)12-22(55(45,46)47)23(24(19)36)35-34-20-13-18(53(39,40)41)6-8-21(20)54(42,43)44/h1-8,11-13,36H,9-10H2,(H,39,40,41)(H,42,43,44)(H,45,46,47)(H,48,49,50)(H2,29,30,31,32,33). The first kappa shape index (κ1) is 42.1. The van der Waals surface area contributed by atoms with Crippen molar-refractivity contribution in [2.75, 3.05) is 23.0 Å². The van der Waals surface area contributed by atoms with E-state index in [1.165, 1.54) is 42.5 Å². The van der Waals surface area contributed by atoms with E-state index >= 15 is 0 Å². The maximum atomic E-state index is 12.4. The number of benzene rings is 4. The zero-order valence-corrected chi connectivity index (χ0v) is 32.0. The highest BCUT2D eigenvalue weighted by Crippen LogP contribution is 2.43. The monoisotopic (exact) mass is 895 g/mol. The van der Waals surface area contributed by atoms with Gasteiger partial charge in [0.2, 0.25) is 17.2 Å². The van der Waals surface area contributed by atoms with E-state index in [1.807, 2.05) is 0 Å². The van der Waals surface area contributed by atoms with Crippen molar-refractivity contribution in [3.8, 4) is 5.75 Å². The topological polar surface area (TPSA) is 369 Å². The third-order valence-electron chi connectivity index (χ3n) is 7.01. The highest BCUT2D eigenvalue weighted by molar-refractivity contribution is 7.91. The first-order chi connectivity index (χ1) is 25.8. The summed E-state index contributed by atoms with van der Waals surface area (Å²) < 4.78 is 159. The molecule has 0 fully saturated rings. The van der Waals surface area contributed by atoms with Crippen molar-refractivity contribution in [1.29, 1.82) is 0 Å². The Labute approximate surface area is 321 Å². The molecule has 56 heavy (non-hydrogen) atoms. The van der Waals surface area contributed by atoms with E-state index < -0.39 is 94.8 Å². The van der Waals surface area contributed by atoms with Gasteiger partial charge in [0.1, 0.15) is 21.2 Å². The lowest BCUT2D eigenvalue weighted by Gasteiger charge is -2.12. The highest BCUT2D eigenvalue weighted by Gasteiger charge is 2.24. The molecule has 29 heteroatoms. The number of azo groups is 1. The van der Waals surface area contributed by atoms with Crippen LogP contribution in [0.25, 0.3) is 10.8 Å². The molecule has 1 heterocycles. The lowest BCUT2D eigenvalue weighted by Crippen LogP contribution is -2.15. The van der Waals surface area contributed by atoms with Crippen molar-refractivity contribution in [3.63, 3.8) is 0 Å². The van der Waals surface area contributed by atoms with Crippen molar-refractivity contribution in [2.24, 2.45) is 10.2 Å². The Morgan fingerprint density at radius 3 is 1.79 bits per heavy atom. The fraction of sp³-hybridized carbons (Fsp3) is 0.0741. The van der Waals surface area contributed by atoms with E-state index in [0.717, 1.165) is 6.07 Å². The van der Waals surface area contributed by atoms with Gasteiger partial charge in [-0.3, -0.25) is 18.2 Å². The molecule has 0 amide bonds. The molecule has 0 atom stereocenters. The quantitative estimate of drug-likeness (QED) is 0.0618. The fourth-order valence-electron chi connectivity index (χ4n) is 4.61. The van der Waals surface area contributed by atoms with Crippen molar-refractivity contribution >= 4 is 108 Å². The predicted octanol–water partition coefficient (Wildman–Crippen LogP) is 3.62. The zero-order chi connectivity index (χ0) is 41.4. The Bertz CT molecular complexity index is 2990. The molecule has 0 spiro atoms. The summed E-state index contributed by atoms with van der Waals surface area (Å²) in [4.78, 5) is 8.88. The summed E-state index contributed by atoms with van der Waals surface area (Å²) in [6.07, 6.45) is 0. The van der Waals surface area contributed by atoms with Crippen molar-refractivity contribution in [2.45, 2.75) is 19.6 Å². The molecule has 298 valence electrons. The summed E-state index contributed by atoms with van der Waals surface area (Å²) in [5.74, 6) is -2.00. The van der Waals surface area contributed by atoms with Gasteiger partial charge in [-0.15, -0.1) is 10.2 Å². The number of sulfone groups is 1. The van der Waals surface area contributed by atoms with Gasteiger partial charge in [0.05, 0.1) is 22.2 Å². The van der Waals surface area contributed by atoms with Crippen molar-refractivity contribution in [3.05, 3.63) is 72.0 Å². The number of aromatic nitrogens is 3. The van der Waals surface area contributed by atoms with Gasteiger partial charge in [0.15, 0.2) is 15.6 Å². The van der Waals surface area contributed by atoms with Crippen LogP contribution in [-0.4, -0.2) is 92.7 Å². The summed E-state index contributed by atoms with van der Waals surface area (Å²) in [5.41, 5.74) is -1.43. The van der Waals surface area contributed by atoms with Gasteiger partial charge in [0.25, 0.3) is 30.4 Å². The lowest BCUT2D eigenvalue weighted by molar-refractivity contribution is 0.284. The number of hydrogen-bond donors (Lipinski definition) is 7. The van der Waals surface area contributed by atoms with E-state index in [0.29, 0.717) is 18.2 Å². The molecule has 0 saturated carbocycles. The van der Waals surface area contributed by atoms with Crippen LogP contribution < -0.4 is 10.6 Å². The fourth-order valence-corrected chi connectivity index (χ4v) is 8.02. The second kappa shape index (κ2) is 15.5. The van der Waals surface area contributed by atoms with E-state index in [9.17, 15) is 60.9 Å². The Hall–Kier alpha value is -5.01. The molecule has 23 nitrogen and oxygen atoms in total. The van der Waals surface area contributed by atoms with Crippen LogP contribution in [0.1, 0.15) is 0 Å². The summed E-state index contributed by atoms with van der Waals surface area (Å²) in [5, 5.41) is 23.1. The van der Waals surface area contributed by atoms with Crippen LogP contribution in [0.5, 0.6) is 5.75 Å². The smallest absolute Gasteiger partial charge is 0.397 e. The number of nitrogens with one attached hydrogen (secondary N) is 2. The lowest BCUT2D eigenvalue weighted by atomic mass is 10.1. The molecule has 0 unspecified atom stereocenters. The molecular weight excluding hydrogens is 874 g/mol. The number of fused-ring (bicyclic) bond motifs is 1. The molecule has 7 N–H and O–H groups in total. The molecule has 0 aliphatic rings. The summed E-state index contributed by atoms with van der Waals surface area (Å²) in [6, 6.07) is 11.4. The molecule has 5 aromatic rings. The predicted molar refractivity (Wildman–Crippen MR) is 193 cm³/mol. The van der Waals surface area contributed by atoms with Gasteiger partial charge in [-0.25, -0.2) is 12.6 Å². The maximum absolute atomic E-state index is 12.4. The average Bonchev–Trinajstić information content (AvgIpc) is 3.05. The first-order valence-corrected chi connectivity index (χ1v) is 22.2. The molecule has 0 saturated heterocycles. The minimum atomic E-state index is -5.22. The Morgan fingerprint density at radius 2 is 1.21 bits per heavy atom. The zero-order valence-electron chi connectivity index (χ0n) is 27.1. The number of rotatable bonds is 14. The molecule has 1 aromatic heterocycles. The minimum Gasteiger partial charge on any atom is -0.505 e. The average molecular weight is 896 g/mol. The Morgan fingerprint density at radius 1 is 0.643 bits per heavy atom. The number of aromatic hydroxyl groups is 1. The van der Waals surface area contributed by atoms with Gasteiger partial charge in [-0.05, 0) is 83.7 Å². The number of phenols is 1. The van der Waals surface area contributed by atoms with Crippen LogP contribution in [-0.2, 0) is 54.8 Å². The molecular formula is C27H22ClN7O16S5. The van der Waals surface area contributed by atoms with Gasteiger partial charge in [-0.1, -0.05) is 0 Å². The summed E-state index contributed by atoms with van der Waals surface area (Å²) >= 11 is 6.06. The second-order valence-corrected chi connectivity index (χ2v) is 18.6. The van der Waals surface area contributed by atoms with E-state index in [1.54, 1.807) is 0 Å². The van der Waals surface area contributed by atoms with Gasteiger partial charge in [-0.2, -0.15) is 48.6 Å². The van der Waals surface area contributed by atoms with Crippen molar-refractivity contribution < 1.29 is 69.6 Å². The molecule has 5 rings (SSSR count). The third-order valence-corrected chi connectivity index (χ3v) is 12.0. The number of anilines is 4. The molecule has 0 aliphatic carbocycles. The summed E-state index contributed by atoms with van der Waals surface area (Å²) in [7, 11) is -24.1. The van der Waals surface area contributed by atoms with Crippen LogP contribution in [0.4, 0.5) is 34.6 Å². The van der Waals surface area contributed by atoms with E-state index in [4.69, 9.17) is 16.2 Å². The third kappa shape index (κ3) is 10.4. The normalized spacial score (nSPS) is 12.9. The van der Waals surface area contributed by atoms with Gasteiger partial charge >= 0.3 is 10.4 Å². The Kier molecular flexibility index (Phi) is 11.7. The molecule has 0 aliphatic heterocycles. The number of halogens is 1. The SMILES string of the molecule is O=S(=O)(O)OCCS(=O)(=O)c1ccc(Nc2nc(Cl)nc(Nc3ccc4c(O)c(N=Nc5cc(S(=O)(=O)O)ccc5S(=O)(=O)O)c(S(=O)(=O)O)cc4c3)n2)cc1. The largest absolute Gasteiger partial charge is 0.505 e. The van der Waals surface area contributed by atoms with Crippen LogP contribution in [0.15, 0.2) is 96.5 Å². The number of phenolic OH excluding ortho intramolecular Hbond substituents is 1. The van der Waals surface area contributed by atoms with Crippen molar-refractivity contribution in [1.82, 2.24) is 15.0 Å². The minimum absolute atomic E-state index is 0.0517. The molecule has 4 aromatic carbocycles. The first-order valence-electron chi connectivity index (χ1n) is 14.5. The van der Waals surface area contributed by atoms with Crippen LogP contribution >= 0.6 is 11.6 Å².